The highest BCUT2D eigenvalue weighted by Crippen LogP contribution is 2.35. The number of furan rings is 1. The molecule has 0 bridgehead atoms. The molecule has 1 aromatic heterocycles. The first-order chi connectivity index (χ1) is 9.83. The fourth-order valence-corrected chi connectivity index (χ4v) is 3.04. The van der Waals surface area contributed by atoms with Crippen molar-refractivity contribution in [3.63, 3.8) is 0 Å². The second-order valence-electron chi connectivity index (χ2n) is 5.30. The van der Waals surface area contributed by atoms with Crippen molar-refractivity contribution in [2.75, 3.05) is 0 Å². The summed E-state index contributed by atoms with van der Waals surface area (Å²) in [5.74, 6) is 0.842. The molecule has 0 aliphatic heterocycles. The molecule has 20 heavy (non-hydrogen) atoms. The summed E-state index contributed by atoms with van der Waals surface area (Å²) in [7, 11) is 0. The lowest BCUT2D eigenvalue weighted by atomic mass is 9.81. The molecule has 0 N–H and O–H groups in total. The third-order valence-corrected chi connectivity index (χ3v) is 4.09. The Kier molecular flexibility index (Phi) is 2.49. The second kappa shape index (κ2) is 4.34. The Morgan fingerprint density at radius 1 is 1.00 bits per heavy atom. The van der Waals surface area contributed by atoms with E-state index in [0.29, 0.717) is 0 Å². The van der Waals surface area contributed by atoms with E-state index >= 15 is 0 Å². The van der Waals surface area contributed by atoms with E-state index in [1.165, 1.54) is 0 Å². The minimum absolute atomic E-state index is 0.141. The van der Waals surface area contributed by atoms with E-state index in [-0.39, 0.29) is 11.7 Å². The van der Waals surface area contributed by atoms with Gasteiger partial charge in [-0.05, 0) is 30.5 Å². The average molecular weight is 262 g/mol. The summed E-state index contributed by atoms with van der Waals surface area (Å²) >= 11 is 0. The number of hydrogen-bond donors (Lipinski definition) is 0. The van der Waals surface area contributed by atoms with Gasteiger partial charge in [-0.15, -0.1) is 0 Å². The van der Waals surface area contributed by atoms with Gasteiger partial charge in [-0.3, -0.25) is 4.79 Å². The summed E-state index contributed by atoms with van der Waals surface area (Å²) in [6, 6.07) is 17.8. The number of benzene rings is 2. The van der Waals surface area contributed by atoms with Gasteiger partial charge in [0.2, 0.25) is 0 Å². The fourth-order valence-electron chi connectivity index (χ4n) is 3.04. The van der Waals surface area contributed by atoms with Crippen LogP contribution in [0.1, 0.15) is 34.0 Å². The van der Waals surface area contributed by atoms with Crippen molar-refractivity contribution >= 4 is 16.8 Å². The lowest BCUT2D eigenvalue weighted by Gasteiger charge is -2.21. The molecule has 3 aromatic rings. The molecule has 2 heteroatoms. The second-order valence-corrected chi connectivity index (χ2v) is 5.30. The number of carbonyl (C=O) groups is 1. The Hall–Kier alpha value is -2.35. The van der Waals surface area contributed by atoms with Crippen LogP contribution < -0.4 is 0 Å². The normalized spacial score (nSPS) is 18.2. The van der Waals surface area contributed by atoms with Gasteiger partial charge >= 0.3 is 0 Å². The zero-order chi connectivity index (χ0) is 13.5. The molecule has 0 fully saturated rings. The van der Waals surface area contributed by atoms with Crippen LogP contribution in [0.3, 0.4) is 0 Å². The number of rotatable bonds is 1. The Labute approximate surface area is 117 Å². The van der Waals surface area contributed by atoms with E-state index in [4.69, 9.17) is 4.42 Å². The van der Waals surface area contributed by atoms with Crippen molar-refractivity contribution in [2.45, 2.75) is 18.8 Å². The molecule has 98 valence electrons. The van der Waals surface area contributed by atoms with E-state index < -0.39 is 0 Å². The van der Waals surface area contributed by atoms with Crippen LogP contribution >= 0.6 is 0 Å². The molecule has 2 nitrogen and oxygen atoms in total. The summed E-state index contributed by atoms with van der Waals surface area (Å²) in [6.07, 6.45) is 1.76. The van der Waals surface area contributed by atoms with Crippen LogP contribution in [0, 0.1) is 0 Å². The number of ketones is 1. The predicted octanol–water partition coefficient (Wildman–Crippen LogP) is 4.35. The Bertz CT molecular complexity index is 765. The summed E-state index contributed by atoms with van der Waals surface area (Å²) in [4.78, 5) is 12.6. The van der Waals surface area contributed by atoms with Crippen LogP contribution in [-0.2, 0) is 6.42 Å². The molecule has 0 spiro atoms. The highest BCUT2D eigenvalue weighted by Gasteiger charge is 2.30. The molecule has 0 saturated heterocycles. The lowest BCUT2D eigenvalue weighted by molar-refractivity contribution is 0.0936. The Morgan fingerprint density at radius 2 is 1.80 bits per heavy atom. The molecular formula is C18H14O2. The van der Waals surface area contributed by atoms with Gasteiger partial charge in [-0.2, -0.15) is 0 Å². The number of Topliss-reactive ketones (excluding diaryl/α,β-unsaturated/α-hetero) is 1. The lowest BCUT2D eigenvalue weighted by Crippen LogP contribution is -2.20. The monoisotopic (exact) mass is 262 g/mol. The molecule has 0 amide bonds. The van der Waals surface area contributed by atoms with Crippen LogP contribution in [0.2, 0.25) is 0 Å². The Morgan fingerprint density at radius 3 is 2.70 bits per heavy atom. The number of para-hydroxylation sites is 1. The smallest absolute Gasteiger partial charge is 0.173 e. The van der Waals surface area contributed by atoms with Crippen molar-refractivity contribution in [1.29, 1.82) is 0 Å². The molecule has 1 atom stereocenters. The molecule has 1 aliphatic rings. The predicted molar refractivity (Wildman–Crippen MR) is 78.0 cm³/mol. The third-order valence-electron chi connectivity index (χ3n) is 4.09. The SMILES string of the molecule is O=C1c2ccccc2CCC1c1cc2ccccc2o1. The van der Waals surface area contributed by atoms with E-state index in [0.717, 1.165) is 40.7 Å². The third kappa shape index (κ3) is 1.68. The molecule has 4 rings (SSSR count). The standard InChI is InChI=1S/C18H14O2/c19-18-14-7-3-1-5-12(14)9-10-15(18)17-11-13-6-2-4-8-16(13)20-17/h1-8,11,15H,9-10H2. The van der Waals surface area contributed by atoms with Crippen molar-refractivity contribution in [1.82, 2.24) is 0 Å². The molecule has 2 aromatic carbocycles. The van der Waals surface area contributed by atoms with E-state index in [1.807, 2.05) is 54.6 Å². The van der Waals surface area contributed by atoms with Gasteiger partial charge < -0.3 is 4.42 Å². The first kappa shape index (κ1) is 11.5. The van der Waals surface area contributed by atoms with Gasteiger partial charge in [0.15, 0.2) is 5.78 Å². The summed E-state index contributed by atoms with van der Waals surface area (Å²) in [6.45, 7) is 0. The maximum absolute atomic E-state index is 12.6. The maximum Gasteiger partial charge on any atom is 0.173 e. The minimum atomic E-state index is -0.141. The fraction of sp³-hybridized carbons (Fsp3) is 0.167. The molecule has 1 unspecified atom stereocenters. The van der Waals surface area contributed by atoms with Crippen LogP contribution in [0.15, 0.2) is 59.0 Å². The molecular weight excluding hydrogens is 248 g/mol. The molecule has 0 saturated carbocycles. The largest absolute Gasteiger partial charge is 0.460 e. The average Bonchev–Trinajstić information content (AvgIpc) is 2.91. The summed E-state index contributed by atoms with van der Waals surface area (Å²) < 4.78 is 5.87. The highest BCUT2D eigenvalue weighted by molar-refractivity contribution is 6.03. The zero-order valence-corrected chi connectivity index (χ0v) is 11.0. The summed E-state index contributed by atoms with van der Waals surface area (Å²) in [5.41, 5.74) is 2.86. The molecule has 1 aliphatic carbocycles. The van der Waals surface area contributed by atoms with Gasteiger partial charge in [0.05, 0.1) is 5.92 Å². The van der Waals surface area contributed by atoms with Crippen molar-refractivity contribution in [3.05, 3.63) is 71.5 Å². The highest BCUT2D eigenvalue weighted by atomic mass is 16.3. The first-order valence-corrected chi connectivity index (χ1v) is 6.93. The number of carbonyl (C=O) groups excluding carboxylic acids is 1. The minimum Gasteiger partial charge on any atom is -0.460 e. The van der Waals surface area contributed by atoms with Crippen LogP contribution in [0.25, 0.3) is 11.0 Å². The van der Waals surface area contributed by atoms with Gasteiger partial charge in [0.25, 0.3) is 0 Å². The van der Waals surface area contributed by atoms with Gasteiger partial charge in [-0.25, -0.2) is 0 Å². The number of hydrogen-bond acceptors (Lipinski definition) is 2. The van der Waals surface area contributed by atoms with Gasteiger partial charge in [-0.1, -0.05) is 42.5 Å². The van der Waals surface area contributed by atoms with Crippen molar-refractivity contribution < 1.29 is 9.21 Å². The van der Waals surface area contributed by atoms with Crippen molar-refractivity contribution in [2.24, 2.45) is 0 Å². The summed E-state index contributed by atoms with van der Waals surface area (Å²) in [5, 5.41) is 1.06. The van der Waals surface area contributed by atoms with Gasteiger partial charge in [0, 0.05) is 10.9 Å². The van der Waals surface area contributed by atoms with Gasteiger partial charge in [0.1, 0.15) is 11.3 Å². The van der Waals surface area contributed by atoms with E-state index in [2.05, 4.69) is 0 Å². The number of fused-ring (bicyclic) bond motifs is 2. The maximum atomic E-state index is 12.6. The van der Waals surface area contributed by atoms with Crippen LogP contribution in [0.4, 0.5) is 0 Å². The molecule has 1 heterocycles. The number of aryl methyl sites for hydroxylation is 1. The van der Waals surface area contributed by atoms with Crippen molar-refractivity contribution in [3.8, 4) is 0 Å². The first-order valence-electron chi connectivity index (χ1n) is 6.93. The van der Waals surface area contributed by atoms with E-state index in [9.17, 15) is 4.79 Å². The van der Waals surface area contributed by atoms with Crippen LogP contribution in [-0.4, -0.2) is 5.78 Å². The quantitative estimate of drug-likeness (QED) is 0.652. The molecule has 0 radical (unpaired) electrons. The van der Waals surface area contributed by atoms with Crippen LogP contribution in [0.5, 0.6) is 0 Å². The topological polar surface area (TPSA) is 30.2 Å². The van der Waals surface area contributed by atoms with E-state index in [1.54, 1.807) is 0 Å². The zero-order valence-electron chi connectivity index (χ0n) is 11.0. The Balaban J connectivity index is 1.78.